The summed E-state index contributed by atoms with van der Waals surface area (Å²) in [6.07, 6.45) is 2.98. The van der Waals surface area contributed by atoms with Crippen LogP contribution in [-0.2, 0) is 17.9 Å². The zero-order valence-electron chi connectivity index (χ0n) is 12.4. The number of aromatic nitrogens is 5. The number of nitrogens with zero attached hydrogens (tertiary/aromatic N) is 5. The van der Waals surface area contributed by atoms with Crippen molar-refractivity contribution in [3.63, 3.8) is 0 Å². The predicted octanol–water partition coefficient (Wildman–Crippen LogP) is 1.77. The highest BCUT2D eigenvalue weighted by Gasteiger charge is 2.10. The lowest BCUT2D eigenvalue weighted by atomic mass is 10.2. The first-order chi connectivity index (χ1) is 11.7. The van der Waals surface area contributed by atoms with E-state index in [1.54, 1.807) is 23.1 Å². The molecule has 3 rings (SSSR count). The highest BCUT2D eigenvalue weighted by atomic mass is 35.5. The Morgan fingerprint density at radius 2 is 2.12 bits per heavy atom. The highest BCUT2D eigenvalue weighted by molar-refractivity contribution is 7.99. The van der Waals surface area contributed by atoms with Gasteiger partial charge in [-0.3, -0.25) is 4.79 Å². The maximum Gasteiger partial charge on any atom is 0.277 e. The van der Waals surface area contributed by atoms with E-state index in [1.165, 1.54) is 18.1 Å². The number of hydrogen-bond acceptors (Lipinski definition) is 7. The van der Waals surface area contributed by atoms with E-state index in [0.29, 0.717) is 29.2 Å². The minimum absolute atomic E-state index is 0.119. The van der Waals surface area contributed by atoms with Crippen LogP contribution in [0.2, 0.25) is 5.02 Å². The number of hydrogen-bond donors (Lipinski definition) is 1. The van der Waals surface area contributed by atoms with E-state index in [-0.39, 0.29) is 11.7 Å². The summed E-state index contributed by atoms with van der Waals surface area (Å²) < 4.78 is 7.01. The van der Waals surface area contributed by atoms with Crippen molar-refractivity contribution in [3.8, 4) is 0 Å². The SMILES string of the molecule is O=C(CSc1nnc(Cn2cncn2)o1)NCc1ccc(Cl)cc1. The minimum atomic E-state index is -0.119. The summed E-state index contributed by atoms with van der Waals surface area (Å²) in [7, 11) is 0. The first-order valence-corrected chi connectivity index (χ1v) is 8.34. The molecular weight excluding hydrogens is 352 g/mol. The van der Waals surface area contributed by atoms with Crippen LogP contribution in [-0.4, -0.2) is 36.6 Å². The van der Waals surface area contributed by atoms with Gasteiger partial charge in [0.1, 0.15) is 19.2 Å². The molecule has 8 nitrogen and oxygen atoms in total. The third-order valence-electron chi connectivity index (χ3n) is 2.94. The molecule has 124 valence electrons. The molecule has 0 unspecified atom stereocenters. The molecule has 0 aliphatic heterocycles. The smallest absolute Gasteiger partial charge is 0.277 e. The predicted molar refractivity (Wildman–Crippen MR) is 87.4 cm³/mol. The second-order valence-electron chi connectivity index (χ2n) is 4.75. The van der Waals surface area contributed by atoms with Crippen LogP contribution in [0.5, 0.6) is 0 Å². The lowest BCUT2D eigenvalue weighted by Gasteiger charge is -2.04. The summed E-state index contributed by atoms with van der Waals surface area (Å²) in [5.74, 6) is 0.481. The van der Waals surface area contributed by atoms with Crippen LogP contribution in [0.4, 0.5) is 0 Å². The quantitative estimate of drug-likeness (QED) is 0.638. The number of benzene rings is 1. The van der Waals surface area contributed by atoms with Crippen LogP contribution >= 0.6 is 23.4 Å². The van der Waals surface area contributed by atoms with Crippen LogP contribution in [0.15, 0.2) is 46.6 Å². The maximum atomic E-state index is 11.8. The summed E-state index contributed by atoms with van der Waals surface area (Å²) in [6.45, 7) is 0.786. The number of rotatable bonds is 7. The van der Waals surface area contributed by atoms with Crippen molar-refractivity contribution < 1.29 is 9.21 Å². The zero-order chi connectivity index (χ0) is 16.8. The summed E-state index contributed by atoms with van der Waals surface area (Å²) in [5, 5.41) is 15.6. The van der Waals surface area contributed by atoms with E-state index in [2.05, 4.69) is 25.6 Å². The van der Waals surface area contributed by atoms with Crippen molar-refractivity contribution in [2.75, 3.05) is 5.75 Å². The van der Waals surface area contributed by atoms with Gasteiger partial charge in [0.15, 0.2) is 0 Å². The first-order valence-electron chi connectivity index (χ1n) is 6.98. The Kier molecular flexibility index (Phi) is 5.44. The maximum absolute atomic E-state index is 11.8. The minimum Gasteiger partial charge on any atom is -0.414 e. The third kappa shape index (κ3) is 4.80. The molecule has 24 heavy (non-hydrogen) atoms. The molecule has 0 atom stereocenters. The first kappa shape index (κ1) is 16.5. The fourth-order valence-electron chi connectivity index (χ4n) is 1.79. The van der Waals surface area contributed by atoms with Crippen molar-refractivity contribution in [1.82, 2.24) is 30.3 Å². The van der Waals surface area contributed by atoms with Crippen LogP contribution < -0.4 is 5.32 Å². The van der Waals surface area contributed by atoms with Gasteiger partial charge in [0.2, 0.25) is 11.8 Å². The molecule has 10 heteroatoms. The van der Waals surface area contributed by atoms with Crippen LogP contribution in [0.1, 0.15) is 11.5 Å². The van der Waals surface area contributed by atoms with Crippen molar-refractivity contribution in [3.05, 3.63) is 53.4 Å². The van der Waals surface area contributed by atoms with Gasteiger partial charge in [-0.1, -0.05) is 35.5 Å². The summed E-state index contributed by atoms with van der Waals surface area (Å²) in [5.41, 5.74) is 0.977. The fourth-order valence-corrected chi connectivity index (χ4v) is 2.53. The molecule has 0 spiro atoms. The molecule has 0 saturated heterocycles. The third-order valence-corrected chi connectivity index (χ3v) is 4.01. The molecular formula is C14H13ClN6O2S. The molecule has 0 saturated carbocycles. The highest BCUT2D eigenvalue weighted by Crippen LogP contribution is 2.16. The van der Waals surface area contributed by atoms with E-state index in [0.717, 1.165) is 5.56 Å². The topological polar surface area (TPSA) is 98.7 Å². The number of amides is 1. The Bertz CT molecular complexity index is 790. The zero-order valence-corrected chi connectivity index (χ0v) is 14.0. The monoisotopic (exact) mass is 364 g/mol. The number of nitrogens with one attached hydrogen (secondary N) is 1. The number of carbonyl (C=O) groups is 1. The van der Waals surface area contributed by atoms with E-state index in [9.17, 15) is 4.79 Å². The number of thioether (sulfide) groups is 1. The van der Waals surface area contributed by atoms with Gasteiger partial charge in [-0.2, -0.15) is 5.10 Å². The van der Waals surface area contributed by atoms with Gasteiger partial charge >= 0.3 is 0 Å². The summed E-state index contributed by atoms with van der Waals surface area (Å²) in [4.78, 5) is 15.7. The van der Waals surface area contributed by atoms with Crippen molar-refractivity contribution >= 4 is 29.3 Å². The van der Waals surface area contributed by atoms with Gasteiger partial charge in [-0.05, 0) is 17.7 Å². The molecule has 2 aromatic heterocycles. The van der Waals surface area contributed by atoms with Crippen LogP contribution in [0, 0.1) is 0 Å². The van der Waals surface area contributed by atoms with Crippen molar-refractivity contribution in [1.29, 1.82) is 0 Å². The molecule has 3 aromatic rings. The van der Waals surface area contributed by atoms with Crippen LogP contribution in [0.3, 0.4) is 0 Å². The molecule has 0 fully saturated rings. The molecule has 1 aromatic carbocycles. The van der Waals surface area contributed by atoms with Gasteiger partial charge in [-0.25, -0.2) is 9.67 Å². The normalized spacial score (nSPS) is 10.7. The van der Waals surface area contributed by atoms with E-state index < -0.39 is 0 Å². The summed E-state index contributed by atoms with van der Waals surface area (Å²) >= 11 is 7.00. The van der Waals surface area contributed by atoms with E-state index in [1.807, 2.05) is 12.1 Å². The Morgan fingerprint density at radius 3 is 2.88 bits per heavy atom. The Labute approximate surface area is 146 Å². The van der Waals surface area contributed by atoms with Gasteiger partial charge in [0.05, 0.1) is 5.75 Å². The van der Waals surface area contributed by atoms with E-state index in [4.69, 9.17) is 16.0 Å². The molecule has 1 N–H and O–H groups in total. The molecule has 0 radical (unpaired) electrons. The van der Waals surface area contributed by atoms with Gasteiger partial charge in [0.25, 0.3) is 5.22 Å². The average Bonchev–Trinajstić information content (AvgIpc) is 3.25. The molecule has 0 aliphatic rings. The van der Waals surface area contributed by atoms with Gasteiger partial charge < -0.3 is 9.73 Å². The fraction of sp³-hybridized carbons (Fsp3) is 0.214. The van der Waals surface area contributed by atoms with E-state index >= 15 is 0 Å². The van der Waals surface area contributed by atoms with Gasteiger partial charge in [0, 0.05) is 11.6 Å². The Balaban J connectivity index is 1.42. The second-order valence-corrected chi connectivity index (χ2v) is 6.11. The lowest BCUT2D eigenvalue weighted by molar-refractivity contribution is -0.118. The largest absolute Gasteiger partial charge is 0.414 e. The Hall–Kier alpha value is -2.39. The van der Waals surface area contributed by atoms with Crippen molar-refractivity contribution in [2.24, 2.45) is 0 Å². The Morgan fingerprint density at radius 1 is 1.29 bits per heavy atom. The standard InChI is InChI=1S/C14H13ClN6O2S/c15-11-3-1-10(2-4-11)5-17-12(22)7-24-14-20-19-13(23-14)6-21-9-16-8-18-21/h1-4,8-9H,5-7H2,(H,17,22). The molecule has 2 heterocycles. The molecule has 0 aliphatic carbocycles. The molecule has 0 bridgehead atoms. The lowest BCUT2D eigenvalue weighted by Crippen LogP contribution is -2.24. The summed E-state index contributed by atoms with van der Waals surface area (Å²) in [6, 6.07) is 7.30. The molecule has 1 amide bonds. The average molecular weight is 365 g/mol. The second kappa shape index (κ2) is 7.93. The van der Waals surface area contributed by atoms with Crippen molar-refractivity contribution in [2.45, 2.75) is 18.3 Å². The number of carbonyl (C=O) groups excluding carboxylic acids is 1. The van der Waals surface area contributed by atoms with Crippen LogP contribution in [0.25, 0.3) is 0 Å². The number of halogens is 1. The van der Waals surface area contributed by atoms with Gasteiger partial charge in [-0.15, -0.1) is 10.2 Å².